The van der Waals surface area contributed by atoms with Crippen LogP contribution in [0.25, 0.3) is 0 Å². The van der Waals surface area contributed by atoms with Crippen molar-refractivity contribution in [2.45, 2.75) is 60.1 Å². The highest BCUT2D eigenvalue weighted by Gasteiger charge is 2.21. The van der Waals surface area contributed by atoms with Crippen LogP contribution in [0.4, 0.5) is 4.79 Å². The number of hydrogen-bond donors (Lipinski definition) is 1. The molecule has 1 rings (SSSR count). The molecule has 0 aliphatic heterocycles. The van der Waals surface area contributed by atoms with Gasteiger partial charge in [0.15, 0.2) is 0 Å². The topological polar surface area (TPSA) is 41.6 Å². The largest absolute Gasteiger partial charge is 0.444 e. The van der Waals surface area contributed by atoms with E-state index >= 15 is 0 Å². The minimum absolute atomic E-state index is 0.262. The molecule has 4 nitrogen and oxygen atoms in total. The van der Waals surface area contributed by atoms with E-state index in [1.165, 1.54) is 15.3 Å². The molecule has 0 bridgehead atoms. The van der Waals surface area contributed by atoms with Gasteiger partial charge in [0.1, 0.15) is 5.60 Å². The Morgan fingerprint density at radius 2 is 1.96 bits per heavy atom. The van der Waals surface area contributed by atoms with E-state index in [-0.39, 0.29) is 6.09 Å². The Labute approximate surface area is 145 Å². The zero-order valence-electron chi connectivity index (χ0n) is 15.8. The third-order valence-electron chi connectivity index (χ3n) is 3.61. The van der Waals surface area contributed by atoms with Crippen molar-refractivity contribution in [3.63, 3.8) is 0 Å². The quantitative estimate of drug-likeness (QED) is 0.828. The van der Waals surface area contributed by atoms with Crippen molar-refractivity contribution in [3.8, 4) is 0 Å². The molecule has 0 saturated heterocycles. The van der Waals surface area contributed by atoms with E-state index in [0.717, 1.165) is 6.54 Å². The number of thiophene rings is 1. The van der Waals surface area contributed by atoms with Crippen molar-refractivity contribution in [1.82, 2.24) is 10.2 Å². The van der Waals surface area contributed by atoms with Gasteiger partial charge in [-0.25, -0.2) is 4.79 Å². The van der Waals surface area contributed by atoms with Gasteiger partial charge in [-0.2, -0.15) is 0 Å². The van der Waals surface area contributed by atoms with Crippen LogP contribution < -0.4 is 5.32 Å². The lowest BCUT2D eigenvalue weighted by atomic mass is 10.1. The molecule has 0 aromatic carbocycles. The van der Waals surface area contributed by atoms with E-state index in [1.54, 1.807) is 11.9 Å². The first-order valence-corrected chi connectivity index (χ1v) is 9.05. The minimum atomic E-state index is -0.449. The van der Waals surface area contributed by atoms with E-state index in [0.29, 0.717) is 18.5 Å². The summed E-state index contributed by atoms with van der Waals surface area (Å²) in [4.78, 5) is 16.4. The molecule has 1 aromatic heterocycles. The maximum atomic E-state index is 12.0. The summed E-state index contributed by atoms with van der Waals surface area (Å²) < 4.78 is 5.38. The van der Waals surface area contributed by atoms with E-state index < -0.39 is 5.60 Å². The molecular weight excluding hydrogens is 308 g/mol. The van der Waals surface area contributed by atoms with Crippen LogP contribution in [0.1, 0.15) is 56.0 Å². The first kappa shape index (κ1) is 20.0. The molecule has 0 fully saturated rings. The SMILES string of the molecule is Cc1cc(C(C)NCC(C)CN(C)C(=O)OC(C)(C)C)c(C)s1. The van der Waals surface area contributed by atoms with E-state index in [4.69, 9.17) is 4.74 Å². The van der Waals surface area contributed by atoms with Crippen LogP contribution in [-0.4, -0.2) is 36.7 Å². The first-order chi connectivity index (χ1) is 10.5. The monoisotopic (exact) mass is 340 g/mol. The third kappa shape index (κ3) is 6.92. The summed E-state index contributed by atoms with van der Waals surface area (Å²) in [6.45, 7) is 15.9. The van der Waals surface area contributed by atoms with Gasteiger partial charge < -0.3 is 15.0 Å². The van der Waals surface area contributed by atoms with Gasteiger partial charge in [0.2, 0.25) is 0 Å². The number of carbonyl (C=O) groups is 1. The molecule has 1 N–H and O–H groups in total. The van der Waals surface area contributed by atoms with E-state index in [2.05, 4.69) is 39.1 Å². The second kappa shape index (κ2) is 8.15. The van der Waals surface area contributed by atoms with Crippen LogP contribution in [0.3, 0.4) is 0 Å². The number of hydrogen-bond acceptors (Lipinski definition) is 4. The van der Waals surface area contributed by atoms with Crippen molar-refractivity contribution in [3.05, 3.63) is 21.4 Å². The molecule has 0 saturated carbocycles. The number of carbonyl (C=O) groups excluding carboxylic acids is 1. The molecule has 5 heteroatoms. The first-order valence-electron chi connectivity index (χ1n) is 8.24. The number of aryl methyl sites for hydroxylation is 2. The lowest BCUT2D eigenvalue weighted by Gasteiger charge is -2.27. The van der Waals surface area contributed by atoms with Crippen LogP contribution in [-0.2, 0) is 4.74 Å². The molecule has 0 aliphatic rings. The van der Waals surface area contributed by atoms with Gasteiger partial charge in [-0.3, -0.25) is 0 Å². The van der Waals surface area contributed by atoms with Crippen molar-refractivity contribution < 1.29 is 9.53 Å². The highest BCUT2D eigenvalue weighted by atomic mass is 32.1. The normalized spacial score (nSPS) is 14.4. The standard InChI is InChI=1S/C18H32N2O2S/c1-12(11-20(8)17(21)22-18(5,6)7)10-19-14(3)16-9-13(2)23-15(16)4/h9,12,14,19H,10-11H2,1-8H3. The smallest absolute Gasteiger partial charge is 0.410 e. The maximum Gasteiger partial charge on any atom is 0.410 e. The average molecular weight is 341 g/mol. The van der Waals surface area contributed by atoms with Crippen LogP contribution in [0.2, 0.25) is 0 Å². The van der Waals surface area contributed by atoms with Crippen LogP contribution >= 0.6 is 11.3 Å². The Kier molecular flexibility index (Phi) is 7.08. The highest BCUT2D eigenvalue weighted by Crippen LogP contribution is 2.26. The van der Waals surface area contributed by atoms with Gasteiger partial charge in [-0.1, -0.05) is 6.92 Å². The second-order valence-corrected chi connectivity index (χ2v) is 8.92. The van der Waals surface area contributed by atoms with Crippen LogP contribution in [0, 0.1) is 19.8 Å². The zero-order chi connectivity index (χ0) is 17.8. The number of ether oxygens (including phenoxy) is 1. The molecule has 1 aromatic rings. The molecule has 0 aliphatic carbocycles. The lowest BCUT2D eigenvalue weighted by Crippen LogP contribution is -2.38. The average Bonchev–Trinajstić information content (AvgIpc) is 2.73. The number of rotatable bonds is 6. The van der Waals surface area contributed by atoms with Crippen LogP contribution in [0.5, 0.6) is 0 Å². The summed E-state index contributed by atoms with van der Waals surface area (Å²) in [5.41, 5.74) is 0.926. The molecule has 1 amide bonds. The predicted molar refractivity (Wildman–Crippen MR) is 98.2 cm³/mol. The molecule has 2 atom stereocenters. The fourth-order valence-electron chi connectivity index (χ4n) is 2.51. The van der Waals surface area contributed by atoms with Gasteiger partial charge in [-0.15, -0.1) is 11.3 Å². The second-order valence-electron chi connectivity index (χ2n) is 7.46. The van der Waals surface area contributed by atoms with Crippen LogP contribution in [0.15, 0.2) is 6.07 Å². The van der Waals surface area contributed by atoms with Gasteiger partial charge in [-0.05, 0) is 65.6 Å². The van der Waals surface area contributed by atoms with Gasteiger partial charge in [0.25, 0.3) is 0 Å². The Balaban J connectivity index is 2.43. The van der Waals surface area contributed by atoms with E-state index in [9.17, 15) is 4.79 Å². The number of nitrogens with one attached hydrogen (secondary N) is 1. The van der Waals surface area contributed by atoms with E-state index in [1.807, 2.05) is 32.1 Å². The molecule has 2 unspecified atom stereocenters. The summed E-state index contributed by atoms with van der Waals surface area (Å²) in [6.07, 6.45) is -0.262. The number of nitrogens with zero attached hydrogens (tertiary/aromatic N) is 1. The Morgan fingerprint density at radius 1 is 1.35 bits per heavy atom. The van der Waals surface area contributed by atoms with Gasteiger partial charge in [0, 0.05) is 29.4 Å². The molecular formula is C18H32N2O2S. The lowest BCUT2D eigenvalue weighted by molar-refractivity contribution is 0.0276. The molecule has 132 valence electrons. The molecule has 0 radical (unpaired) electrons. The summed E-state index contributed by atoms with van der Waals surface area (Å²) in [5.74, 6) is 0.356. The van der Waals surface area contributed by atoms with Crippen molar-refractivity contribution in [2.24, 2.45) is 5.92 Å². The molecule has 23 heavy (non-hydrogen) atoms. The Hall–Kier alpha value is -1.07. The Bertz CT molecular complexity index is 520. The maximum absolute atomic E-state index is 12.0. The van der Waals surface area contributed by atoms with Crippen molar-refractivity contribution in [1.29, 1.82) is 0 Å². The highest BCUT2D eigenvalue weighted by molar-refractivity contribution is 7.12. The zero-order valence-corrected chi connectivity index (χ0v) is 16.6. The summed E-state index contributed by atoms with van der Waals surface area (Å²) in [6, 6.07) is 2.59. The Morgan fingerprint density at radius 3 is 2.43 bits per heavy atom. The number of amides is 1. The summed E-state index contributed by atoms with van der Waals surface area (Å²) in [7, 11) is 1.79. The predicted octanol–water partition coefficient (Wildman–Crippen LogP) is 4.52. The minimum Gasteiger partial charge on any atom is -0.444 e. The fraction of sp³-hybridized carbons (Fsp3) is 0.722. The van der Waals surface area contributed by atoms with Crippen molar-refractivity contribution >= 4 is 17.4 Å². The fourth-order valence-corrected chi connectivity index (χ4v) is 3.54. The van der Waals surface area contributed by atoms with Gasteiger partial charge in [0.05, 0.1) is 0 Å². The third-order valence-corrected chi connectivity index (χ3v) is 4.59. The molecule has 1 heterocycles. The van der Waals surface area contributed by atoms with Crippen molar-refractivity contribution in [2.75, 3.05) is 20.1 Å². The summed E-state index contributed by atoms with van der Waals surface area (Å²) in [5, 5.41) is 3.57. The molecule has 0 spiro atoms. The summed E-state index contributed by atoms with van der Waals surface area (Å²) >= 11 is 1.84. The van der Waals surface area contributed by atoms with Gasteiger partial charge >= 0.3 is 6.09 Å².